The molecule has 1 aliphatic carbocycles. The zero-order chi connectivity index (χ0) is 12.6. The molecule has 0 aromatic rings. The van der Waals surface area contributed by atoms with Crippen molar-refractivity contribution in [3.63, 3.8) is 0 Å². The van der Waals surface area contributed by atoms with Gasteiger partial charge >= 0.3 is 5.97 Å². The number of amides is 1. The van der Waals surface area contributed by atoms with Gasteiger partial charge in [-0.3, -0.25) is 9.59 Å². The Labute approximate surface area is 100 Å². The Morgan fingerprint density at radius 1 is 1.65 bits per heavy atom. The minimum Gasteiger partial charge on any atom is -0.466 e. The molecule has 1 amide bonds. The van der Waals surface area contributed by atoms with Crippen molar-refractivity contribution in [2.75, 3.05) is 13.7 Å². The first-order valence-corrected chi connectivity index (χ1v) is 6.11. The van der Waals surface area contributed by atoms with Gasteiger partial charge in [-0.25, -0.2) is 4.39 Å². The summed E-state index contributed by atoms with van der Waals surface area (Å²) >= 11 is 0. The van der Waals surface area contributed by atoms with Gasteiger partial charge in [0.1, 0.15) is 0 Å². The van der Waals surface area contributed by atoms with Crippen molar-refractivity contribution in [1.29, 1.82) is 0 Å². The quantitative estimate of drug-likeness (QED) is 0.686. The average molecular weight is 243 g/mol. The molecule has 0 N–H and O–H groups in total. The molecular weight excluding hydrogens is 225 g/mol. The van der Waals surface area contributed by atoms with Crippen molar-refractivity contribution >= 4 is 11.9 Å². The zero-order valence-electron chi connectivity index (χ0n) is 10.2. The smallest absolute Gasteiger partial charge is 0.314 e. The highest BCUT2D eigenvalue weighted by molar-refractivity contribution is 5.87. The molecule has 4 nitrogen and oxygen atoms in total. The van der Waals surface area contributed by atoms with Crippen LogP contribution in [0.2, 0.25) is 0 Å². The Morgan fingerprint density at radius 3 is 3.00 bits per heavy atom. The fourth-order valence-corrected chi connectivity index (χ4v) is 3.23. The Bertz CT molecular complexity index is 347. The molecule has 1 saturated heterocycles. The van der Waals surface area contributed by atoms with Gasteiger partial charge in [0, 0.05) is 19.5 Å². The second kappa shape index (κ2) is 4.27. The highest BCUT2D eigenvalue weighted by atomic mass is 19.1. The summed E-state index contributed by atoms with van der Waals surface area (Å²) in [5, 5.41) is 0. The summed E-state index contributed by atoms with van der Waals surface area (Å²) in [4.78, 5) is 25.1. The molecule has 3 atom stereocenters. The highest BCUT2D eigenvalue weighted by Gasteiger charge is 2.58. The van der Waals surface area contributed by atoms with E-state index in [2.05, 4.69) is 0 Å². The van der Waals surface area contributed by atoms with Crippen LogP contribution in [0, 0.1) is 5.41 Å². The molecule has 2 aliphatic rings. The van der Waals surface area contributed by atoms with Crippen LogP contribution in [-0.4, -0.2) is 42.6 Å². The van der Waals surface area contributed by atoms with Gasteiger partial charge in [0.05, 0.1) is 12.0 Å². The molecule has 1 aliphatic heterocycles. The lowest BCUT2D eigenvalue weighted by molar-refractivity contribution is -0.169. The van der Waals surface area contributed by atoms with Crippen LogP contribution in [0.1, 0.15) is 32.6 Å². The van der Waals surface area contributed by atoms with E-state index in [1.807, 2.05) is 0 Å². The maximum absolute atomic E-state index is 13.7. The van der Waals surface area contributed by atoms with Crippen LogP contribution in [0.5, 0.6) is 0 Å². The lowest BCUT2D eigenvalue weighted by atomic mass is 9.74. The van der Waals surface area contributed by atoms with Crippen LogP contribution in [0.15, 0.2) is 0 Å². The number of fused-ring (bicyclic) bond motifs is 1. The Kier molecular flexibility index (Phi) is 3.10. The van der Waals surface area contributed by atoms with E-state index >= 15 is 0 Å². The molecule has 5 heteroatoms. The number of alkyl halides is 1. The van der Waals surface area contributed by atoms with Gasteiger partial charge in [-0.05, 0) is 19.8 Å². The summed E-state index contributed by atoms with van der Waals surface area (Å²) in [5.74, 6) is -0.846. The topological polar surface area (TPSA) is 46.6 Å². The lowest BCUT2D eigenvalue weighted by Crippen LogP contribution is -2.58. The molecule has 0 unspecified atom stereocenters. The summed E-state index contributed by atoms with van der Waals surface area (Å²) in [7, 11) is 1.58. The molecule has 0 aromatic heterocycles. The fourth-order valence-electron chi connectivity index (χ4n) is 3.23. The fraction of sp³-hybridized carbons (Fsp3) is 0.833. The molecule has 17 heavy (non-hydrogen) atoms. The van der Waals surface area contributed by atoms with Gasteiger partial charge in [-0.15, -0.1) is 0 Å². The summed E-state index contributed by atoms with van der Waals surface area (Å²) in [6, 6.07) is -0.193. The van der Waals surface area contributed by atoms with Crippen molar-refractivity contribution < 1.29 is 18.7 Å². The van der Waals surface area contributed by atoms with Gasteiger partial charge < -0.3 is 9.64 Å². The van der Waals surface area contributed by atoms with E-state index in [-0.39, 0.29) is 18.4 Å². The average Bonchev–Trinajstić information content (AvgIpc) is 2.71. The van der Waals surface area contributed by atoms with E-state index in [4.69, 9.17) is 4.74 Å². The van der Waals surface area contributed by atoms with Gasteiger partial charge in [-0.1, -0.05) is 6.42 Å². The van der Waals surface area contributed by atoms with Crippen LogP contribution in [0.25, 0.3) is 0 Å². The lowest BCUT2D eigenvalue weighted by Gasteiger charge is -2.43. The minimum atomic E-state index is -1.57. The number of nitrogens with zero attached hydrogens (tertiary/aromatic N) is 1. The van der Waals surface area contributed by atoms with Crippen LogP contribution in [0.4, 0.5) is 4.39 Å². The van der Waals surface area contributed by atoms with Crippen LogP contribution >= 0.6 is 0 Å². The SMILES string of the molecule is CCOC(=O)[C@]12CCC[C@H]1N(C)C(=O)[C@@H](F)C2. The van der Waals surface area contributed by atoms with Crippen molar-refractivity contribution in [3.05, 3.63) is 0 Å². The van der Waals surface area contributed by atoms with E-state index in [0.29, 0.717) is 13.0 Å². The number of halogens is 1. The van der Waals surface area contributed by atoms with Gasteiger partial charge in [0.25, 0.3) is 5.91 Å². The Hall–Kier alpha value is -1.13. The molecule has 0 bridgehead atoms. The molecule has 0 radical (unpaired) electrons. The Balaban J connectivity index is 2.30. The zero-order valence-corrected chi connectivity index (χ0v) is 10.2. The number of carbonyl (C=O) groups is 2. The van der Waals surface area contributed by atoms with Gasteiger partial charge in [0.2, 0.25) is 0 Å². The van der Waals surface area contributed by atoms with E-state index in [9.17, 15) is 14.0 Å². The predicted molar refractivity (Wildman–Crippen MR) is 59.0 cm³/mol. The molecular formula is C12H18FNO3. The normalized spacial score (nSPS) is 36.9. The molecule has 2 fully saturated rings. The molecule has 1 saturated carbocycles. The standard InChI is InChI=1S/C12H18FNO3/c1-3-17-11(16)12-6-4-5-9(12)14(2)10(15)8(13)7-12/h8-9H,3-7H2,1-2H3/t8-,9+,12-/m0/s1. The van der Waals surface area contributed by atoms with E-state index in [1.54, 1.807) is 14.0 Å². The van der Waals surface area contributed by atoms with E-state index in [1.165, 1.54) is 4.90 Å². The first-order chi connectivity index (χ1) is 8.03. The molecule has 1 heterocycles. The Morgan fingerprint density at radius 2 is 2.35 bits per heavy atom. The summed E-state index contributed by atoms with van der Waals surface area (Å²) in [6.07, 6.45) is 0.634. The molecule has 0 spiro atoms. The highest BCUT2D eigenvalue weighted by Crippen LogP contribution is 2.49. The van der Waals surface area contributed by atoms with Crippen LogP contribution < -0.4 is 0 Å². The third-order valence-corrected chi connectivity index (χ3v) is 4.05. The van der Waals surface area contributed by atoms with Crippen molar-refractivity contribution in [2.45, 2.75) is 44.8 Å². The third kappa shape index (κ3) is 1.72. The van der Waals surface area contributed by atoms with Crippen LogP contribution in [-0.2, 0) is 14.3 Å². The number of hydrogen-bond donors (Lipinski definition) is 0. The number of carbonyl (C=O) groups excluding carboxylic acids is 2. The largest absolute Gasteiger partial charge is 0.466 e. The maximum atomic E-state index is 13.7. The summed E-state index contributed by atoms with van der Waals surface area (Å²) in [5.41, 5.74) is -0.807. The number of rotatable bonds is 2. The van der Waals surface area contributed by atoms with Gasteiger partial charge in [0.15, 0.2) is 6.17 Å². The number of piperidine rings is 1. The van der Waals surface area contributed by atoms with Crippen molar-refractivity contribution in [3.8, 4) is 0 Å². The summed E-state index contributed by atoms with van der Waals surface area (Å²) < 4.78 is 18.8. The van der Waals surface area contributed by atoms with Crippen LogP contribution in [0.3, 0.4) is 0 Å². The number of esters is 1. The number of ether oxygens (including phenoxy) is 1. The monoisotopic (exact) mass is 243 g/mol. The van der Waals surface area contributed by atoms with Crippen molar-refractivity contribution in [2.24, 2.45) is 5.41 Å². The predicted octanol–water partition coefficient (Wildman–Crippen LogP) is 1.29. The second-order valence-electron chi connectivity index (χ2n) is 4.91. The maximum Gasteiger partial charge on any atom is 0.314 e. The van der Waals surface area contributed by atoms with E-state index < -0.39 is 17.5 Å². The first-order valence-electron chi connectivity index (χ1n) is 6.11. The number of hydrogen-bond acceptors (Lipinski definition) is 3. The summed E-state index contributed by atoms with van der Waals surface area (Å²) in [6.45, 7) is 2.03. The minimum absolute atomic E-state index is 0.0142. The first kappa shape index (κ1) is 12.3. The molecule has 0 aromatic carbocycles. The molecule has 2 rings (SSSR count). The van der Waals surface area contributed by atoms with E-state index in [0.717, 1.165) is 12.8 Å². The third-order valence-electron chi connectivity index (χ3n) is 4.05. The molecule has 96 valence electrons. The number of likely N-dealkylation sites (tertiary alicyclic amines) is 1. The van der Waals surface area contributed by atoms with Gasteiger partial charge in [-0.2, -0.15) is 0 Å². The second-order valence-corrected chi connectivity index (χ2v) is 4.91. The van der Waals surface area contributed by atoms with Crippen molar-refractivity contribution in [1.82, 2.24) is 4.90 Å².